The van der Waals surface area contributed by atoms with Crippen LogP contribution in [0.5, 0.6) is 5.75 Å². The van der Waals surface area contributed by atoms with E-state index in [0.29, 0.717) is 32.5 Å². The molecule has 2 amide bonds. The van der Waals surface area contributed by atoms with Crippen LogP contribution in [-0.4, -0.2) is 55.5 Å². The molecular formula is C49H54BrNO5Si. The molecule has 2 aliphatic carbocycles. The van der Waals surface area contributed by atoms with Gasteiger partial charge in [0.2, 0.25) is 11.8 Å². The lowest BCUT2D eigenvalue weighted by Crippen LogP contribution is -2.66. The maximum atomic E-state index is 14.5. The molecule has 8 rings (SSSR count). The smallest absolute Gasteiger partial charge is 0.261 e. The number of rotatable bonds is 11. The highest BCUT2D eigenvalue weighted by Crippen LogP contribution is 2.51. The van der Waals surface area contributed by atoms with Crippen molar-refractivity contribution in [3.8, 4) is 5.75 Å². The summed E-state index contributed by atoms with van der Waals surface area (Å²) in [7, 11) is -2.91. The van der Waals surface area contributed by atoms with Crippen LogP contribution >= 0.6 is 15.9 Å². The first-order chi connectivity index (χ1) is 27.6. The Bertz CT molecular complexity index is 2100. The summed E-state index contributed by atoms with van der Waals surface area (Å²) in [5.41, 5.74) is 5.20. The number of hydrogen-bond donors (Lipinski definition) is 1. The number of imide groups is 1. The number of hydrogen-bond acceptors (Lipinski definition) is 5. The van der Waals surface area contributed by atoms with E-state index in [2.05, 4.69) is 116 Å². The standard InChI is InChI=1S/C49H54BrNO5Si/c1-49(2,3)57(39-20-12-6-13-21-39,40-22-14-7-15-23-40)56-31-36-30-41-46(48(54)51(47(41)53)38-18-10-5-11-19-38)42-32-55-44(45(36)42)27-24-34(33-16-8-4-9-17-33)28-35-29-37(50)25-26-43(35)52/h4,6-9,12-17,20-23,25-26,28-29,38,41-42,44,46,52H,5,10-11,18-19,24,27,30-32H2,1-3H3/b34-28-/t41-,42+,44-,46-/m1/s1. The number of halogens is 1. The Kier molecular flexibility index (Phi) is 11.6. The van der Waals surface area contributed by atoms with Crippen molar-refractivity contribution in [1.29, 1.82) is 0 Å². The number of allylic oxidation sites excluding steroid dienone is 1. The van der Waals surface area contributed by atoms with E-state index in [1.54, 1.807) is 11.0 Å². The molecule has 1 saturated carbocycles. The van der Waals surface area contributed by atoms with Crippen LogP contribution in [0.2, 0.25) is 5.04 Å². The number of likely N-dealkylation sites (tertiary alicyclic amines) is 1. The molecule has 1 N–H and O–H groups in total. The van der Waals surface area contributed by atoms with E-state index in [4.69, 9.17) is 9.16 Å². The predicted molar refractivity (Wildman–Crippen MR) is 234 cm³/mol. The van der Waals surface area contributed by atoms with Crippen molar-refractivity contribution in [2.75, 3.05) is 13.2 Å². The zero-order valence-corrected chi connectivity index (χ0v) is 35.9. The summed E-state index contributed by atoms with van der Waals surface area (Å²) in [6.07, 6.45) is 8.79. The number of fused-ring (bicyclic) bond motifs is 3. The van der Waals surface area contributed by atoms with E-state index < -0.39 is 20.2 Å². The minimum absolute atomic E-state index is 0.00395. The third kappa shape index (κ3) is 7.66. The van der Waals surface area contributed by atoms with Crippen molar-refractivity contribution < 1.29 is 23.9 Å². The molecule has 4 aliphatic rings. The van der Waals surface area contributed by atoms with Gasteiger partial charge in [0.05, 0.1) is 31.2 Å². The number of carbonyl (C=O) groups is 2. The van der Waals surface area contributed by atoms with E-state index >= 15 is 0 Å². The van der Waals surface area contributed by atoms with Gasteiger partial charge in [-0.1, -0.05) is 147 Å². The molecule has 2 aliphatic heterocycles. The number of phenols is 1. The van der Waals surface area contributed by atoms with E-state index in [9.17, 15) is 14.7 Å². The normalized spacial score (nSPS) is 23.2. The molecule has 0 radical (unpaired) electrons. The van der Waals surface area contributed by atoms with Crippen molar-refractivity contribution in [3.05, 3.63) is 136 Å². The summed E-state index contributed by atoms with van der Waals surface area (Å²) >= 11 is 3.58. The lowest BCUT2D eigenvalue weighted by Gasteiger charge is -2.44. The van der Waals surface area contributed by atoms with E-state index in [1.165, 1.54) is 15.9 Å². The van der Waals surface area contributed by atoms with Crippen LogP contribution in [0.15, 0.2) is 125 Å². The van der Waals surface area contributed by atoms with Gasteiger partial charge < -0.3 is 14.3 Å². The van der Waals surface area contributed by atoms with Gasteiger partial charge in [0.15, 0.2) is 0 Å². The van der Waals surface area contributed by atoms with Gasteiger partial charge in [-0.25, -0.2) is 0 Å². The highest BCUT2D eigenvalue weighted by atomic mass is 79.9. The average molecular weight is 845 g/mol. The van der Waals surface area contributed by atoms with Crippen molar-refractivity contribution >= 4 is 58.1 Å². The molecule has 2 saturated heterocycles. The number of benzene rings is 4. The molecule has 0 unspecified atom stereocenters. The highest BCUT2D eigenvalue weighted by Gasteiger charge is 2.59. The van der Waals surface area contributed by atoms with Gasteiger partial charge in [0.1, 0.15) is 5.75 Å². The zero-order valence-electron chi connectivity index (χ0n) is 33.3. The Morgan fingerprint density at radius 3 is 2.12 bits per heavy atom. The van der Waals surface area contributed by atoms with Gasteiger partial charge >= 0.3 is 0 Å². The first-order valence-electron chi connectivity index (χ1n) is 20.8. The summed E-state index contributed by atoms with van der Waals surface area (Å²) in [5.74, 6) is -0.739. The van der Waals surface area contributed by atoms with Crippen LogP contribution in [0.1, 0.15) is 83.3 Å². The SMILES string of the molecule is CC(C)(C)[Si](OCC1=C2[C@@H](CC/C(=C/c3cc(Br)ccc3O)c3ccccc3)OC[C@@H]2[C@@H]2C(=O)N(C3CCCCC3)C(=O)[C@@H]2C1)(c1ccccc1)c1ccccc1. The monoisotopic (exact) mass is 843 g/mol. The fourth-order valence-corrected chi connectivity index (χ4v) is 15.3. The number of aromatic hydroxyl groups is 1. The first-order valence-corrected chi connectivity index (χ1v) is 23.5. The summed E-state index contributed by atoms with van der Waals surface area (Å²) < 4.78 is 15.3. The number of nitrogens with zero attached hydrogens (tertiary/aromatic N) is 1. The van der Waals surface area contributed by atoms with E-state index in [-0.39, 0.29) is 40.7 Å². The largest absolute Gasteiger partial charge is 0.507 e. The number of amides is 2. The molecule has 4 aromatic carbocycles. The van der Waals surface area contributed by atoms with Crippen molar-refractivity contribution in [2.24, 2.45) is 17.8 Å². The Balaban J connectivity index is 1.18. The predicted octanol–water partition coefficient (Wildman–Crippen LogP) is 9.70. The minimum Gasteiger partial charge on any atom is -0.507 e. The third-order valence-electron chi connectivity index (χ3n) is 13.0. The summed E-state index contributed by atoms with van der Waals surface area (Å²) in [5, 5.41) is 13.0. The molecular weight excluding hydrogens is 791 g/mol. The zero-order chi connectivity index (χ0) is 39.7. The maximum absolute atomic E-state index is 14.5. The van der Waals surface area contributed by atoms with Gasteiger partial charge in [0, 0.05) is 22.0 Å². The molecule has 4 atom stereocenters. The molecule has 0 spiro atoms. The van der Waals surface area contributed by atoms with Crippen LogP contribution in [0.25, 0.3) is 11.6 Å². The first kappa shape index (κ1) is 39.7. The van der Waals surface area contributed by atoms with Crippen LogP contribution in [0, 0.1) is 17.8 Å². The lowest BCUT2D eigenvalue weighted by atomic mass is 9.69. The van der Waals surface area contributed by atoms with E-state index in [1.807, 2.05) is 30.3 Å². The summed E-state index contributed by atoms with van der Waals surface area (Å²) in [6.45, 7) is 7.67. The summed E-state index contributed by atoms with van der Waals surface area (Å²) in [4.78, 5) is 30.6. The Labute approximate surface area is 347 Å². The van der Waals surface area contributed by atoms with Crippen LogP contribution in [-0.2, 0) is 18.8 Å². The molecule has 6 nitrogen and oxygen atoms in total. The fourth-order valence-electron chi connectivity index (χ4n) is 10.4. The average Bonchev–Trinajstić information content (AvgIpc) is 3.76. The highest BCUT2D eigenvalue weighted by molar-refractivity contribution is 9.10. The van der Waals surface area contributed by atoms with Gasteiger partial charge in [0.25, 0.3) is 8.32 Å². The Hall–Kier alpha value is -4.08. The Morgan fingerprint density at radius 2 is 1.49 bits per heavy atom. The van der Waals surface area contributed by atoms with Gasteiger partial charge in [-0.05, 0) is 94.1 Å². The quantitative estimate of drug-likeness (QED) is 0.0705. The molecule has 2 heterocycles. The number of ether oxygens (including phenoxy) is 1. The van der Waals surface area contributed by atoms with E-state index in [0.717, 1.165) is 58.8 Å². The maximum Gasteiger partial charge on any atom is 0.261 e. The topological polar surface area (TPSA) is 76.1 Å². The van der Waals surface area contributed by atoms with Crippen LogP contribution < -0.4 is 10.4 Å². The number of carbonyl (C=O) groups excluding carboxylic acids is 2. The minimum atomic E-state index is -2.91. The molecule has 296 valence electrons. The van der Waals surface area contributed by atoms with Gasteiger partial charge in [-0.3, -0.25) is 14.5 Å². The molecule has 3 fully saturated rings. The molecule has 8 heteroatoms. The second-order valence-electron chi connectivity index (χ2n) is 17.4. The Morgan fingerprint density at radius 1 is 0.860 bits per heavy atom. The molecule has 0 aromatic heterocycles. The lowest BCUT2D eigenvalue weighted by molar-refractivity contribution is -0.143. The summed E-state index contributed by atoms with van der Waals surface area (Å²) in [6, 6.07) is 37.2. The second kappa shape index (κ2) is 16.6. The van der Waals surface area contributed by atoms with Crippen molar-refractivity contribution in [2.45, 2.75) is 89.3 Å². The van der Waals surface area contributed by atoms with Crippen molar-refractivity contribution in [1.82, 2.24) is 4.90 Å². The molecule has 0 bridgehead atoms. The van der Waals surface area contributed by atoms with Gasteiger partial charge in [-0.15, -0.1) is 0 Å². The molecule has 4 aromatic rings. The number of phenolic OH excluding ortho intramolecular Hbond substituents is 1. The third-order valence-corrected chi connectivity index (χ3v) is 18.5. The molecule has 57 heavy (non-hydrogen) atoms. The van der Waals surface area contributed by atoms with Crippen LogP contribution in [0.4, 0.5) is 0 Å². The van der Waals surface area contributed by atoms with Crippen LogP contribution in [0.3, 0.4) is 0 Å². The second-order valence-corrected chi connectivity index (χ2v) is 22.6. The fraction of sp³-hybridized carbons (Fsp3) is 0.388. The van der Waals surface area contributed by atoms with Crippen molar-refractivity contribution in [3.63, 3.8) is 0 Å². The van der Waals surface area contributed by atoms with Gasteiger partial charge in [-0.2, -0.15) is 0 Å².